The molecule has 19 heavy (non-hydrogen) atoms. The number of sulfonamides is 1. The van der Waals surface area contributed by atoms with Crippen molar-refractivity contribution in [1.29, 1.82) is 0 Å². The SMILES string of the molecule is CC(C)(CN)NS(=O)(=O)c1cn2c(n1)CCCC2.Cl. The minimum atomic E-state index is -3.59. The number of nitrogens with one attached hydrogen (secondary N) is 1. The van der Waals surface area contributed by atoms with Gasteiger partial charge in [0, 0.05) is 31.2 Å². The molecule has 8 heteroatoms. The summed E-state index contributed by atoms with van der Waals surface area (Å²) in [6.45, 7) is 4.58. The Hall–Kier alpha value is -0.630. The van der Waals surface area contributed by atoms with Crippen molar-refractivity contribution in [3.8, 4) is 0 Å². The Morgan fingerprint density at radius 3 is 2.74 bits per heavy atom. The molecule has 0 radical (unpaired) electrons. The molecule has 1 aromatic rings. The number of hydrogen-bond donors (Lipinski definition) is 2. The third kappa shape index (κ3) is 3.68. The summed E-state index contributed by atoms with van der Waals surface area (Å²) >= 11 is 0. The highest BCUT2D eigenvalue weighted by Crippen LogP contribution is 2.18. The van der Waals surface area contributed by atoms with Crippen LogP contribution < -0.4 is 10.5 Å². The summed E-state index contributed by atoms with van der Waals surface area (Å²) in [4.78, 5) is 4.21. The van der Waals surface area contributed by atoms with Crippen molar-refractivity contribution >= 4 is 22.4 Å². The van der Waals surface area contributed by atoms with Crippen molar-refractivity contribution in [2.45, 2.75) is 50.2 Å². The van der Waals surface area contributed by atoms with Crippen LogP contribution in [0.1, 0.15) is 32.5 Å². The molecule has 2 heterocycles. The number of fused-ring (bicyclic) bond motifs is 1. The topological polar surface area (TPSA) is 90.0 Å². The molecule has 0 fully saturated rings. The number of hydrogen-bond acceptors (Lipinski definition) is 4. The summed E-state index contributed by atoms with van der Waals surface area (Å²) in [5.74, 6) is 0.854. The predicted octanol–water partition coefficient (Wildman–Crippen LogP) is 0.657. The molecule has 0 amide bonds. The van der Waals surface area contributed by atoms with Crippen molar-refractivity contribution in [1.82, 2.24) is 14.3 Å². The molecule has 3 N–H and O–H groups in total. The molecule has 0 spiro atoms. The lowest BCUT2D eigenvalue weighted by atomic mass is 10.1. The fourth-order valence-corrected chi connectivity index (χ4v) is 3.38. The Kier molecular flexibility index (Phi) is 5.00. The summed E-state index contributed by atoms with van der Waals surface area (Å²) in [5, 5.41) is 0.0981. The van der Waals surface area contributed by atoms with E-state index in [-0.39, 0.29) is 24.0 Å². The molecule has 6 nitrogen and oxygen atoms in total. The standard InChI is InChI=1S/C11H20N4O2S.ClH/c1-11(2,8-12)14-18(16,17)10-7-15-6-4-3-5-9(15)13-10;/h7,14H,3-6,8,12H2,1-2H3;1H. The van der Waals surface area contributed by atoms with Crippen LogP contribution in [0.15, 0.2) is 11.2 Å². The normalized spacial score (nSPS) is 15.7. The summed E-state index contributed by atoms with van der Waals surface area (Å²) in [6.07, 6.45) is 4.60. The van der Waals surface area contributed by atoms with Crippen LogP contribution in [0.5, 0.6) is 0 Å². The lowest BCUT2D eigenvalue weighted by molar-refractivity contribution is 0.461. The van der Waals surface area contributed by atoms with Crippen molar-refractivity contribution in [3.05, 3.63) is 12.0 Å². The maximum atomic E-state index is 12.2. The first kappa shape index (κ1) is 16.4. The zero-order chi connectivity index (χ0) is 13.4. The summed E-state index contributed by atoms with van der Waals surface area (Å²) in [7, 11) is -3.59. The largest absolute Gasteiger partial charge is 0.333 e. The average Bonchev–Trinajstić information content (AvgIpc) is 2.72. The second kappa shape index (κ2) is 5.78. The summed E-state index contributed by atoms with van der Waals surface area (Å²) < 4.78 is 28.9. The summed E-state index contributed by atoms with van der Waals surface area (Å²) in [5.41, 5.74) is 4.87. The Labute approximate surface area is 120 Å². The van der Waals surface area contributed by atoms with E-state index in [0.29, 0.717) is 0 Å². The quantitative estimate of drug-likeness (QED) is 0.855. The van der Waals surface area contributed by atoms with Crippen LogP contribution in [0, 0.1) is 0 Å². The smallest absolute Gasteiger partial charge is 0.260 e. The Balaban J connectivity index is 0.00000180. The van der Waals surface area contributed by atoms with Gasteiger partial charge in [-0.3, -0.25) is 0 Å². The number of nitrogens with two attached hydrogens (primary N) is 1. The van der Waals surface area contributed by atoms with Gasteiger partial charge in [0.25, 0.3) is 10.0 Å². The first-order valence-electron chi connectivity index (χ1n) is 6.14. The van der Waals surface area contributed by atoms with Gasteiger partial charge in [0.05, 0.1) is 0 Å². The van der Waals surface area contributed by atoms with Crippen LogP contribution in [0.25, 0.3) is 0 Å². The highest BCUT2D eigenvalue weighted by atomic mass is 35.5. The summed E-state index contributed by atoms with van der Waals surface area (Å²) in [6, 6.07) is 0. The lowest BCUT2D eigenvalue weighted by Crippen LogP contribution is -2.48. The van der Waals surface area contributed by atoms with Gasteiger partial charge in [-0.1, -0.05) is 0 Å². The fourth-order valence-electron chi connectivity index (χ4n) is 1.97. The van der Waals surface area contributed by atoms with Gasteiger partial charge in [-0.25, -0.2) is 18.1 Å². The maximum absolute atomic E-state index is 12.2. The van der Waals surface area contributed by atoms with Gasteiger partial charge in [0.1, 0.15) is 5.82 Å². The Morgan fingerprint density at radius 1 is 1.47 bits per heavy atom. The molecule has 2 rings (SSSR count). The monoisotopic (exact) mass is 308 g/mol. The minimum Gasteiger partial charge on any atom is -0.333 e. The molecule has 0 aromatic carbocycles. The van der Waals surface area contributed by atoms with Gasteiger partial charge < -0.3 is 10.3 Å². The molecule has 0 aliphatic carbocycles. The van der Waals surface area contributed by atoms with Crippen molar-refractivity contribution in [3.63, 3.8) is 0 Å². The zero-order valence-corrected chi connectivity index (χ0v) is 12.9. The van der Waals surface area contributed by atoms with Crippen LogP contribution in [-0.2, 0) is 23.0 Å². The van der Waals surface area contributed by atoms with Gasteiger partial charge in [0.2, 0.25) is 0 Å². The number of nitrogens with zero attached hydrogens (tertiary/aromatic N) is 2. The van der Waals surface area contributed by atoms with Gasteiger partial charge in [0.15, 0.2) is 5.03 Å². The Morgan fingerprint density at radius 2 is 2.16 bits per heavy atom. The second-order valence-corrected chi connectivity index (χ2v) is 6.97. The number of aromatic nitrogens is 2. The minimum absolute atomic E-state index is 0. The first-order chi connectivity index (χ1) is 8.34. The average molecular weight is 309 g/mol. The molecular weight excluding hydrogens is 288 g/mol. The van der Waals surface area contributed by atoms with Gasteiger partial charge in [-0.2, -0.15) is 0 Å². The first-order valence-corrected chi connectivity index (χ1v) is 7.62. The molecule has 0 saturated heterocycles. The molecule has 0 bridgehead atoms. The zero-order valence-electron chi connectivity index (χ0n) is 11.2. The molecule has 110 valence electrons. The highest BCUT2D eigenvalue weighted by molar-refractivity contribution is 7.89. The lowest BCUT2D eigenvalue weighted by Gasteiger charge is -2.22. The Bertz CT molecular complexity index is 515. The number of halogens is 1. The third-order valence-corrected chi connectivity index (χ3v) is 4.65. The second-order valence-electron chi connectivity index (χ2n) is 5.34. The van der Waals surface area contributed by atoms with E-state index in [9.17, 15) is 8.42 Å². The van der Waals surface area contributed by atoms with E-state index < -0.39 is 15.6 Å². The van der Waals surface area contributed by atoms with Crippen LogP contribution in [-0.4, -0.2) is 30.1 Å². The molecule has 1 aliphatic heterocycles. The van der Waals surface area contributed by atoms with E-state index in [0.717, 1.165) is 31.6 Å². The highest BCUT2D eigenvalue weighted by Gasteiger charge is 2.28. The molecule has 1 aromatic heterocycles. The van der Waals surface area contributed by atoms with Crippen molar-refractivity contribution < 1.29 is 8.42 Å². The third-order valence-electron chi connectivity index (χ3n) is 3.08. The van der Waals surface area contributed by atoms with E-state index in [1.807, 2.05) is 4.57 Å². The molecule has 0 saturated carbocycles. The van der Waals surface area contributed by atoms with Crippen molar-refractivity contribution in [2.75, 3.05) is 6.54 Å². The number of aryl methyl sites for hydroxylation is 2. The molecule has 1 aliphatic rings. The number of imidazole rings is 1. The van der Waals surface area contributed by atoms with E-state index >= 15 is 0 Å². The van der Waals surface area contributed by atoms with E-state index in [4.69, 9.17) is 5.73 Å². The number of rotatable bonds is 4. The molecule has 0 unspecified atom stereocenters. The van der Waals surface area contributed by atoms with Crippen LogP contribution in [0.2, 0.25) is 0 Å². The molecular formula is C11H21ClN4O2S. The fraction of sp³-hybridized carbons (Fsp3) is 0.727. The van der Waals surface area contributed by atoms with Gasteiger partial charge >= 0.3 is 0 Å². The molecule has 0 atom stereocenters. The predicted molar refractivity (Wildman–Crippen MR) is 75.9 cm³/mol. The van der Waals surface area contributed by atoms with E-state index in [2.05, 4.69) is 9.71 Å². The maximum Gasteiger partial charge on any atom is 0.260 e. The van der Waals surface area contributed by atoms with Gasteiger partial charge in [-0.15, -0.1) is 12.4 Å². The van der Waals surface area contributed by atoms with E-state index in [1.165, 1.54) is 0 Å². The van der Waals surface area contributed by atoms with Crippen molar-refractivity contribution in [2.24, 2.45) is 5.73 Å². The van der Waals surface area contributed by atoms with E-state index in [1.54, 1.807) is 20.0 Å². The van der Waals surface area contributed by atoms with Gasteiger partial charge in [-0.05, 0) is 26.7 Å². The van der Waals surface area contributed by atoms with Crippen LogP contribution in [0.4, 0.5) is 0 Å². The van der Waals surface area contributed by atoms with Crippen LogP contribution >= 0.6 is 12.4 Å². The van der Waals surface area contributed by atoms with Crippen LogP contribution in [0.3, 0.4) is 0 Å².